The molecule has 0 fully saturated rings. The predicted molar refractivity (Wildman–Crippen MR) is 79.5 cm³/mol. The molecule has 1 aromatic heterocycles. The number of imidazole rings is 1. The molecule has 0 spiro atoms. The second-order valence-corrected chi connectivity index (χ2v) is 6.69. The normalized spacial score (nSPS) is 11.8. The fraction of sp³-hybridized carbons (Fsp3) is 0.308. The molecular weight excluding hydrogens is 314 g/mol. The van der Waals surface area contributed by atoms with Crippen molar-refractivity contribution in [3.63, 3.8) is 0 Å². The first-order chi connectivity index (χ1) is 9.94. The summed E-state index contributed by atoms with van der Waals surface area (Å²) in [4.78, 5) is 4.20. The Hall–Kier alpha value is -1.41. The summed E-state index contributed by atoms with van der Waals surface area (Å²) in [5.74, 6) is 0.796. The highest BCUT2D eigenvalue weighted by Gasteiger charge is 2.15. The van der Waals surface area contributed by atoms with Crippen molar-refractivity contribution in [3.05, 3.63) is 47.0 Å². The van der Waals surface area contributed by atoms with Gasteiger partial charge in [0.1, 0.15) is 5.82 Å². The maximum absolute atomic E-state index is 12.2. The second kappa shape index (κ2) is 6.57. The summed E-state index contributed by atoms with van der Waals surface area (Å²) in [6.45, 7) is -0.0697. The number of aryl methyl sites for hydroxylation is 1. The van der Waals surface area contributed by atoms with Gasteiger partial charge in [-0.15, -0.1) is 0 Å². The smallest absolute Gasteiger partial charge is 0.240 e. The van der Waals surface area contributed by atoms with Gasteiger partial charge >= 0.3 is 0 Å². The molecule has 0 atom stereocenters. The molecule has 2 rings (SSSR count). The first-order valence-electron chi connectivity index (χ1n) is 6.29. The van der Waals surface area contributed by atoms with Gasteiger partial charge < -0.3 is 9.67 Å². The molecule has 0 unspecified atom stereocenters. The van der Waals surface area contributed by atoms with Crippen LogP contribution in [0.4, 0.5) is 0 Å². The van der Waals surface area contributed by atoms with Crippen LogP contribution in [0.15, 0.2) is 35.5 Å². The summed E-state index contributed by atoms with van der Waals surface area (Å²) in [7, 11) is -1.78. The lowest BCUT2D eigenvalue weighted by atomic mass is 10.2. The van der Waals surface area contributed by atoms with E-state index in [0.29, 0.717) is 17.0 Å². The number of aliphatic hydroxyl groups excluding tert-OH is 1. The summed E-state index contributed by atoms with van der Waals surface area (Å²) >= 11 is 5.85. The number of halogens is 1. The average Bonchev–Trinajstić information content (AvgIpc) is 2.84. The Kier molecular flexibility index (Phi) is 5.00. The molecule has 21 heavy (non-hydrogen) atoms. The van der Waals surface area contributed by atoms with Crippen molar-refractivity contribution in [2.24, 2.45) is 7.05 Å². The number of aromatic nitrogens is 2. The molecule has 0 amide bonds. The van der Waals surface area contributed by atoms with E-state index in [0.717, 1.165) is 5.82 Å². The number of hydrogen-bond donors (Lipinski definition) is 2. The van der Waals surface area contributed by atoms with Gasteiger partial charge in [0.2, 0.25) is 10.0 Å². The Morgan fingerprint density at radius 1 is 1.43 bits per heavy atom. The van der Waals surface area contributed by atoms with Gasteiger partial charge in [-0.1, -0.05) is 11.6 Å². The highest BCUT2D eigenvalue weighted by atomic mass is 35.5. The minimum Gasteiger partial charge on any atom is -0.392 e. The van der Waals surface area contributed by atoms with E-state index in [9.17, 15) is 8.42 Å². The Bertz CT molecular complexity index is 728. The Labute approximate surface area is 128 Å². The van der Waals surface area contributed by atoms with E-state index in [4.69, 9.17) is 16.7 Å². The molecular formula is C13H16ClN3O3S. The highest BCUT2D eigenvalue weighted by molar-refractivity contribution is 7.89. The van der Waals surface area contributed by atoms with E-state index < -0.39 is 10.0 Å². The third kappa shape index (κ3) is 3.82. The molecule has 6 nitrogen and oxygen atoms in total. The first-order valence-corrected chi connectivity index (χ1v) is 8.15. The van der Waals surface area contributed by atoms with Crippen molar-refractivity contribution >= 4 is 21.6 Å². The SMILES string of the molecule is Cn1ccnc1CCNS(=O)(=O)c1ccc(Cl)c(CO)c1. The van der Waals surface area contributed by atoms with E-state index in [2.05, 4.69) is 9.71 Å². The minimum absolute atomic E-state index is 0.0794. The molecule has 0 saturated carbocycles. The lowest BCUT2D eigenvalue weighted by molar-refractivity contribution is 0.281. The van der Waals surface area contributed by atoms with E-state index >= 15 is 0 Å². The van der Waals surface area contributed by atoms with Crippen molar-refractivity contribution in [3.8, 4) is 0 Å². The number of hydrogen-bond acceptors (Lipinski definition) is 4. The van der Waals surface area contributed by atoms with Gasteiger partial charge in [-0.3, -0.25) is 0 Å². The van der Waals surface area contributed by atoms with Crippen LogP contribution in [0.3, 0.4) is 0 Å². The predicted octanol–water partition coefficient (Wildman–Crippen LogP) is 1.09. The molecule has 8 heteroatoms. The summed E-state index contributed by atoms with van der Waals surface area (Å²) in [5.41, 5.74) is 0.378. The largest absolute Gasteiger partial charge is 0.392 e. The quantitative estimate of drug-likeness (QED) is 0.830. The number of aliphatic hydroxyl groups is 1. The van der Waals surface area contributed by atoms with E-state index in [-0.39, 0.29) is 18.0 Å². The molecule has 0 aliphatic heterocycles. The Morgan fingerprint density at radius 2 is 2.19 bits per heavy atom. The molecule has 0 aliphatic carbocycles. The molecule has 1 heterocycles. The Balaban J connectivity index is 2.06. The highest BCUT2D eigenvalue weighted by Crippen LogP contribution is 2.20. The standard InChI is InChI=1S/C13H16ClN3O3S/c1-17-7-6-15-13(17)4-5-16-21(19,20)11-2-3-12(14)10(8-11)9-18/h2-3,6-8,16,18H,4-5,9H2,1H3. The zero-order valence-corrected chi connectivity index (χ0v) is 13.0. The Morgan fingerprint density at radius 3 is 2.81 bits per heavy atom. The summed E-state index contributed by atoms with van der Waals surface area (Å²) in [5, 5.41) is 9.47. The zero-order chi connectivity index (χ0) is 15.5. The van der Waals surface area contributed by atoms with Crippen LogP contribution in [-0.2, 0) is 30.1 Å². The number of sulfonamides is 1. The van der Waals surface area contributed by atoms with E-state index in [1.54, 1.807) is 12.4 Å². The number of nitrogens with one attached hydrogen (secondary N) is 1. The van der Waals surface area contributed by atoms with Crippen LogP contribution in [-0.4, -0.2) is 29.6 Å². The maximum Gasteiger partial charge on any atom is 0.240 e. The van der Waals surface area contributed by atoms with Crippen LogP contribution in [0.2, 0.25) is 5.02 Å². The zero-order valence-electron chi connectivity index (χ0n) is 11.5. The van der Waals surface area contributed by atoms with Crippen molar-refractivity contribution in [1.29, 1.82) is 0 Å². The second-order valence-electron chi connectivity index (χ2n) is 4.51. The van der Waals surface area contributed by atoms with Gasteiger partial charge in [-0.2, -0.15) is 0 Å². The van der Waals surface area contributed by atoms with Crippen LogP contribution < -0.4 is 4.72 Å². The number of rotatable bonds is 6. The average molecular weight is 330 g/mol. The number of nitrogens with zero attached hydrogens (tertiary/aromatic N) is 2. The van der Waals surface area contributed by atoms with E-state index in [1.807, 2.05) is 11.6 Å². The van der Waals surface area contributed by atoms with Crippen molar-refractivity contribution in [2.75, 3.05) is 6.54 Å². The van der Waals surface area contributed by atoms with Gasteiger partial charge in [-0.25, -0.2) is 18.1 Å². The molecule has 2 aromatic rings. The van der Waals surface area contributed by atoms with Gasteiger partial charge in [0.05, 0.1) is 11.5 Å². The molecule has 0 radical (unpaired) electrons. The lowest BCUT2D eigenvalue weighted by Gasteiger charge is -2.09. The molecule has 0 saturated heterocycles. The topological polar surface area (TPSA) is 84.2 Å². The lowest BCUT2D eigenvalue weighted by Crippen LogP contribution is -2.26. The molecule has 1 aromatic carbocycles. The van der Waals surface area contributed by atoms with E-state index in [1.165, 1.54) is 18.2 Å². The van der Waals surface area contributed by atoms with Gasteiger partial charge in [0, 0.05) is 37.4 Å². The minimum atomic E-state index is -3.63. The van der Waals surface area contributed by atoms with Crippen LogP contribution >= 0.6 is 11.6 Å². The summed E-state index contributed by atoms with van der Waals surface area (Å²) in [6, 6.07) is 4.23. The van der Waals surface area contributed by atoms with Crippen molar-refractivity contribution in [1.82, 2.24) is 14.3 Å². The molecule has 2 N–H and O–H groups in total. The monoisotopic (exact) mass is 329 g/mol. The first kappa shape index (κ1) is 16.0. The number of benzene rings is 1. The summed E-state index contributed by atoms with van der Waals surface area (Å²) in [6.07, 6.45) is 3.95. The fourth-order valence-corrected chi connectivity index (χ4v) is 3.12. The van der Waals surface area contributed by atoms with Crippen molar-refractivity contribution < 1.29 is 13.5 Å². The fourth-order valence-electron chi connectivity index (χ4n) is 1.86. The van der Waals surface area contributed by atoms with Crippen LogP contribution in [0.5, 0.6) is 0 Å². The van der Waals surface area contributed by atoms with Crippen molar-refractivity contribution in [2.45, 2.75) is 17.9 Å². The summed E-state index contributed by atoms with van der Waals surface area (Å²) < 4.78 is 28.7. The van der Waals surface area contributed by atoms with Crippen LogP contribution in [0.1, 0.15) is 11.4 Å². The van der Waals surface area contributed by atoms with Gasteiger partial charge in [-0.05, 0) is 23.8 Å². The van der Waals surface area contributed by atoms with Gasteiger partial charge in [0.15, 0.2) is 0 Å². The third-order valence-electron chi connectivity index (χ3n) is 3.06. The van der Waals surface area contributed by atoms with Gasteiger partial charge in [0.25, 0.3) is 0 Å². The maximum atomic E-state index is 12.2. The molecule has 0 aliphatic rings. The molecule has 114 valence electrons. The molecule has 0 bridgehead atoms. The third-order valence-corrected chi connectivity index (χ3v) is 4.89. The van der Waals surface area contributed by atoms with Crippen LogP contribution in [0, 0.1) is 0 Å². The van der Waals surface area contributed by atoms with Crippen LogP contribution in [0.25, 0.3) is 0 Å².